The molecule has 0 saturated carbocycles. The Hall–Kier alpha value is -1.11. The average molecular weight is 175 g/mol. The standard InChI is InChI=1S/C12H17N/c1-5-13-8-12-10(3)6-9(2)7-11(12)4/h5-7H,8H2,1-4H3. The van der Waals surface area contributed by atoms with Crippen molar-refractivity contribution < 1.29 is 0 Å². The summed E-state index contributed by atoms with van der Waals surface area (Å²) in [4.78, 5) is 4.27. The number of aliphatic imine (C=N–C) groups is 1. The molecular weight excluding hydrogens is 158 g/mol. The predicted molar refractivity (Wildman–Crippen MR) is 58.5 cm³/mol. The molecule has 0 radical (unpaired) electrons. The monoisotopic (exact) mass is 175 g/mol. The summed E-state index contributed by atoms with van der Waals surface area (Å²) in [5.41, 5.74) is 5.40. The van der Waals surface area contributed by atoms with Gasteiger partial charge in [0.15, 0.2) is 0 Å². The van der Waals surface area contributed by atoms with Crippen LogP contribution in [0, 0.1) is 20.8 Å². The van der Waals surface area contributed by atoms with Crippen LogP contribution in [0.15, 0.2) is 17.1 Å². The van der Waals surface area contributed by atoms with Crippen LogP contribution in [0.3, 0.4) is 0 Å². The van der Waals surface area contributed by atoms with E-state index in [4.69, 9.17) is 0 Å². The Bertz CT molecular complexity index is 301. The van der Waals surface area contributed by atoms with E-state index in [0.29, 0.717) is 0 Å². The second kappa shape index (κ2) is 4.22. The van der Waals surface area contributed by atoms with Crippen molar-refractivity contribution >= 4 is 6.21 Å². The Labute approximate surface area is 80.5 Å². The first-order valence-electron chi connectivity index (χ1n) is 4.66. The zero-order chi connectivity index (χ0) is 9.84. The van der Waals surface area contributed by atoms with Gasteiger partial charge in [-0.05, 0) is 50.6 Å². The Morgan fingerprint density at radius 3 is 2.15 bits per heavy atom. The van der Waals surface area contributed by atoms with Crippen LogP contribution in [0.1, 0.15) is 29.2 Å². The lowest BCUT2D eigenvalue weighted by Gasteiger charge is -2.08. The Kier molecular flexibility index (Phi) is 3.24. The van der Waals surface area contributed by atoms with E-state index in [2.05, 4.69) is 37.9 Å². The van der Waals surface area contributed by atoms with E-state index >= 15 is 0 Å². The van der Waals surface area contributed by atoms with Gasteiger partial charge in [-0.25, -0.2) is 0 Å². The molecule has 0 aromatic heterocycles. The molecule has 1 aromatic rings. The SMILES string of the molecule is CC=NCc1c(C)cc(C)cc1C. The van der Waals surface area contributed by atoms with Crippen LogP contribution >= 0.6 is 0 Å². The van der Waals surface area contributed by atoms with Gasteiger partial charge in [-0.1, -0.05) is 17.7 Å². The molecule has 70 valence electrons. The summed E-state index contributed by atoms with van der Waals surface area (Å²) in [5, 5.41) is 0. The van der Waals surface area contributed by atoms with Crippen molar-refractivity contribution in [2.24, 2.45) is 4.99 Å². The van der Waals surface area contributed by atoms with Crippen molar-refractivity contribution in [1.29, 1.82) is 0 Å². The van der Waals surface area contributed by atoms with E-state index in [0.717, 1.165) is 6.54 Å². The smallest absolute Gasteiger partial charge is 0.0640 e. The summed E-state index contributed by atoms with van der Waals surface area (Å²) in [5.74, 6) is 0. The maximum absolute atomic E-state index is 4.27. The molecule has 0 N–H and O–H groups in total. The fourth-order valence-corrected chi connectivity index (χ4v) is 1.64. The molecule has 0 aliphatic carbocycles. The number of rotatable bonds is 2. The van der Waals surface area contributed by atoms with E-state index in [1.165, 1.54) is 22.3 Å². The highest BCUT2D eigenvalue weighted by Crippen LogP contribution is 2.16. The molecule has 13 heavy (non-hydrogen) atoms. The molecule has 0 atom stereocenters. The minimum atomic E-state index is 0.814. The molecule has 1 aromatic carbocycles. The molecule has 0 heterocycles. The maximum Gasteiger partial charge on any atom is 0.0640 e. The second-order valence-electron chi connectivity index (χ2n) is 3.48. The minimum Gasteiger partial charge on any atom is -0.293 e. The van der Waals surface area contributed by atoms with Crippen molar-refractivity contribution in [3.63, 3.8) is 0 Å². The molecule has 0 fully saturated rings. The lowest BCUT2D eigenvalue weighted by Crippen LogP contribution is -1.93. The van der Waals surface area contributed by atoms with Crippen LogP contribution in [0.2, 0.25) is 0 Å². The normalized spacial score (nSPS) is 11.1. The average Bonchev–Trinajstić information content (AvgIpc) is 2.02. The van der Waals surface area contributed by atoms with Gasteiger partial charge in [-0.2, -0.15) is 0 Å². The van der Waals surface area contributed by atoms with Gasteiger partial charge in [-0.15, -0.1) is 0 Å². The molecule has 1 heteroatoms. The van der Waals surface area contributed by atoms with Crippen molar-refractivity contribution in [1.82, 2.24) is 0 Å². The molecule has 0 spiro atoms. The van der Waals surface area contributed by atoms with Gasteiger partial charge in [0.25, 0.3) is 0 Å². The number of aryl methyl sites for hydroxylation is 3. The van der Waals surface area contributed by atoms with E-state index in [1.54, 1.807) is 0 Å². The van der Waals surface area contributed by atoms with Crippen LogP contribution in [-0.4, -0.2) is 6.21 Å². The molecule has 1 nitrogen and oxygen atoms in total. The third kappa shape index (κ3) is 2.41. The van der Waals surface area contributed by atoms with E-state index < -0.39 is 0 Å². The van der Waals surface area contributed by atoms with Gasteiger partial charge in [0.2, 0.25) is 0 Å². The zero-order valence-electron chi connectivity index (χ0n) is 8.89. The van der Waals surface area contributed by atoms with Crippen LogP contribution in [0.5, 0.6) is 0 Å². The third-order valence-electron chi connectivity index (χ3n) is 2.27. The quantitative estimate of drug-likeness (QED) is 0.612. The first-order chi connectivity index (χ1) is 6.15. The number of hydrogen-bond acceptors (Lipinski definition) is 1. The zero-order valence-corrected chi connectivity index (χ0v) is 8.89. The molecule has 1 rings (SSSR count). The molecule has 0 amide bonds. The molecule has 0 unspecified atom stereocenters. The lowest BCUT2D eigenvalue weighted by molar-refractivity contribution is 1.03. The summed E-state index contributed by atoms with van der Waals surface area (Å²) < 4.78 is 0. The van der Waals surface area contributed by atoms with E-state index in [-0.39, 0.29) is 0 Å². The van der Waals surface area contributed by atoms with Crippen LogP contribution < -0.4 is 0 Å². The van der Waals surface area contributed by atoms with Crippen molar-refractivity contribution in [3.8, 4) is 0 Å². The Morgan fingerprint density at radius 2 is 1.69 bits per heavy atom. The Morgan fingerprint density at radius 1 is 1.15 bits per heavy atom. The highest BCUT2D eigenvalue weighted by molar-refractivity contribution is 5.53. The molecule has 0 saturated heterocycles. The molecule has 0 aliphatic heterocycles. The second-order valence-corrected chi connectivity index (χ2v) is 3.48. The third-order valence-corrected chi connectivity index (χ3v) is 2.27. The van der Waals surface area contributed by atoms with Gasteiger partial charge in [0.05, 0.1) is 6.54 Å². The van der Waals surface area contributed by atoms with Gasteiger partial charge < -0.3 is 0 Å². The summed E-state index contributed by atoms with van der Waals surface area (Å²) in [7, 11) is 0. The fraction of sp³-hybridized carbons (Fsp3) is 0.417. The highest BCUT2D eigenvalue weighted by atomic mass is 14.7. The lowest BCUT2D eigenvalue weighted by atomic mass is 10.00. The number of nitrogens with zero attached hydrogens (tertiary/aromatic N) is 1. The number of hydrogen-bond donors (Lipinski definition) is 0. The Balaban J connectivity index is 3.05. The predicted octanol–water partition coefficient (Wildman–Crippen LogP) is 3.20. The van der Waals surface area contributed by atoms with Crippen LogP contribution in [0.4, 0.5) is 0 Å². The number of benzene rings is 1. The van der Waals surface area contributed by atoms with Gasteiger partial charge in [0, 0.05) is 0 Å². The van der Waals surface area contributed by atoms with Crippen molar-refractivity contribution in [2.75, 3.05) is 0 Å². The summed E-state index contributed by atoms with van der Waals surface area (Å²) in [6.45, 7) is 9.21. The molecule has 0 bridgehead atoms. The molecule has 0 aliphatic rings. The largest absolute Gasteiger partial charge is 0.293 e. The van der Waals surface area contributed by atoms with E-state index in [1.807, 2.05) is 13.1 Å². The van der Waals surface area contributed by atoms with Gasteiger partial charge in [0.1, 0.15) is 0 Å². The van der Waals surface area contributed by atoms with Crippen LogP contribution in [0.25, 0.3) is 0 Å². The first-order valence-corrected chi connectivity index (χ1v) is 4.66. The topological polar surface area (TPSA) is 12.4 Å². The van der Waals surface area contributed by atoms with Gasteiger partial charge in [-0.3, -0.25) is 4.99 Å². The van der Waals surface area contributed by atoms with Crippen LogP contribution in [-0.2, 0) is 6.54 Å². The fourth-order valence-electron chi connectivity index (χ4n) is 1.64. The van der Waals surface area contributed by atoms with Crippen molar-refractivity contribution in [3.05, 3.63) is 34.4 Å². The summed E-state index contributed by atoms with van der Waals surface area (Å²) >= 11 is 0. The summed E-state index contributed by atoms with van der Waals surface area (Å²) in [6, 6.07) is 4.43. The maximum atomic E-state index is 4.27. The molecular formula is C12H17N. The first kappa shape index (κ1) is 9.97. The minimum absolute atomic E-state index is 0.814. The highest BCUT2D eigenvalue weighted by Gasteiger charge is 2.01. The summed E-state index contributed by atoms with van der Waals surface area (Å²) in [6.07, 6.45) is 1.86. The van der Waals surface area contributed by atoms with E-state index in [9.17, 15) is 0 Å². The van der Waals surface area contributed by atoms with Crippen molar-refractivity contribution in [2.45, 2.75) is 34.2 Å². The van der Waals surface area contributed by atoms with Gasteiger partial charge >= 0.3 is 0 Å².